The monoisotopic (exact) mass is 507 g/mol. The fraction of sp³-hybridized carbons (Fsp3) is 0.741. The molecule has 8 heteroatoms. The number of esters is 1. The van der Waals surface area contributed by atoms with Gasteiger partial charge in [0.1, 0.15) is 11.9 Å². The molecular formula is C27H41NO6S. The van der Waals surface area contributed by atoms with E-state index in [1.807, 2.05) is 39.2 Å². The first kappa shape index (κ1) is 28.0. The highest BCUT2D eigenvalue weighted by molar-refractivity contribution is 7.09. The predicted molar refractivity (Wildman–Crippen MR) is 136 cm³/mol. The topological polar surface area (TPSA) is 109 Å². The van der Waals surface area contributed by atoms with Crippen LogP contribution < -0.4 is 0 Å². The van der Waals surface area contributed by atoms with E-state index in [9.17, 15) is 19.8 Å². The van der Waals surface area contributed by atoms with Gasteiger partial charge in [-0.05, 0) is 51.2 Å². The third-order valence-corrected chi connectivity index (χ3v) is 8.67. The molecule has 0 amide bonds. The minimum Gasteiger partial charge on any atom is -0.458 e. The lowest BCUT2D eigenvalue weighted by atomic mass is 9.73. The van der Waals surface area contributed by atoms with E-state index in [-0.39, 0.29) is 24.2 Å². The van der Waals surface area contributed by atoms with Crippen molar-refractivity contribution in [3.8, 4) is 0 Å². The van der Waals surface area contributed by atoms with Gasteiger partial charge in [-0.3, -0.25) is 9.59 Å². The number of fused-ring (bicyclic) bond motifs is 1. The zero-order valence-electron chi connectivity index (χ0n) is 22.0. The largest absolute Gasteiger partial charge is 0.458 e. The smallest absolute Gasteiger partial charge is 0.309 e. The van der Waals surface area contributed by atoms with Crippen molar-refractivity contribution in [2.24, 2.45) is 17.3 Å². The highest BCUT2D eigenvalue weighted by Crippen LogP contribution is 2.45. The van der Waals surface area contributed by atoms with Crippen molar-refractivity contribution in [2.75, 3.05) is 0 Å². The first-order valence-corrected chi connectivity index (χ1v) is 13.5. The Bertz CT molecular complexity index is 955. The van der Waals surface area contributed by atoms with Gasteiger partial charge in [0.15, 0.2) is 0 Å². The van der Waals surface area contributed by atoms with Gasteiger partial charge in [-0.15, -0.1) is 11.3 Å². The van der Waals surface area contributed by atoms with Crippen molar-refractivity contribution in [1.82, 2.24) is 4.98 Å². The van der Waals surface area contributed by atoms with Gasteiger partial charge in [0.2, 0.25) is 0 Å². The van der Waals surface area contributed by atoms with Crippen LogP contribution in [-0.2, 0) is 19.1 Å². The fourth-order valence-electron chi connectivity index (χ4n) is 5.09. The lowest BCUT2D eigenvalue weighted by Gasteiger charge is -2.34. The van der Waals surface area contributed by atoms with Gasteiger partial charge in [0.05, 0.1) is 46.5 Å². The lowest BCUT2D eigenvalue weighted by molar-refractivity contribution is -0.154. The predicted octanol–water partition coefficient (Wildman–Crippen LogP) is 4.48. The molecule has 3 rings (SSSR count). The van der Waals surface area contributed by atoms with E-state index in [1.165, 1.54) is 0 Å². The van der Waals surface area contributed by atoms with Crippen molar-refractivity contribution < 1.29 is 29.3 Å². The molecule has 2 fully saturated rings. The van der Waals surface area contributed by atoms with Crippen LogP contribution in [0.4, 0.5) is 0 Å². The summed E-state index contributed by atoms with van der Waals surface area (Å²) in [4.78, 5) is 30.6. The summed E-state index contributed by atoms with van der Waals surface area (Å²) in [5.41, 5.74) is 0.0686. The molecular weight excluding hydrogens is 466 g/mol. The van der Waals surface area contributed by atoms with Gasteiger partial charge >= 0.3 is 5.97 Å². The van der Waals surface area contributed by atoms with Gasteiger partial charge < -0.3 is 19.7 Å². The van der Waals surface area contributed by atoms with Gasteiger partial charge in [-0.1, -0.05) is 34.1 Å². The first-order chi connectivity index (χ1) is 16.2. The molecule has 2 N–H and O–H groups in total. The zero-order valence-corrected chi connectivity index (χ0v) is 22.9. The molecule has 35 heavy (non-hydrogen) atoms. The molecule has 0 aromatic carbocycles. The molecule has 1 aromatic rings. The van der Waals surface area contributed by atoms with Crippen LogP contribution in [0.25, 0.3) is 6.08 Å². The van der Waals surface area contributed by atoms with Crippen LogP contribution in [0.2, 0.25) is 0 Å². The number of ketones is 1. The van der Waals surface area contributed by atoms with Gasteiger partial charge in [-0.25, -0.2) is 4.98 Å². The summed E-state index contributed by atoms with van der Waals surface area (Å²) in [6, 6.07) is 0. The van der Waals surface area contributed by atoms with Crippen molar-refractivity contribution in [1.29, 1.82) is 0 Å². The maximum absolute atomic E-state index is 13.2. The van der Waals surface area contributed by atoms with Crippen molar-refractivity contribution in [3.63, 3.8) is 0 Å². The Morgan fingerprint density at radius 3 is 2.51 bits per heavy atom. The zero-order chi connectivity index (χ0) is 26.1. The summed E-state index contributed by atoms with van der Waals surface area (Å²) in [5.74, 6) is -1.54. The SMILES string of the molecule is C/C(=C\c1csc(C)n1)C1CC2(C)OC2CCCC(C)C(O)C(C)C(=O)C(C)(C)C(O)CC(=O)O1. The summed E-state index contributed by atoms with van der Waals surface area (Å²) in [5, 5.41) is 24.6. The molecule has 3 heterocycles. The fourth-order valence-corrected chi connectivity index (χ4v) is 5.66. The highest BCUT2D eigenvalue weighted by Gasteiger charge is 2.53. The van der Waals surface area contributed by atoms with E-state index in [2.05, 4.69) is 4.98 Å². The Morgan fingerprint density at radius 2 is 1.89 bits per heavy atom. The first-order valence-electron chi connectivity index (χ1n) is 12.6. The number of carbonyl (C=O) groups is 2. The third-order valence-electron chi connectivity index (χ3n) is 7.88. The maximum Gasteiger partial charge on any atom is 0.309 e. The molecule has 7 atom stereocenters. The average Bonchev–Trinajstić information content (AvgIpc) is 3.23. The second-order valence-electron chi connectivity index (χ2n) is 11.3. The molecule has 7 unspecified atom stereocenters. The molecule has 0 aliphatic carbocycles. The quantitative estimate of drug-likeness (QED) is 0.449. The number of carbonyl (C=O) groups excluding carboxylic acids is 2. The van der Waals surface area contributed by atoms with E-state index < -0.39 is 41.2 Å². The van der Waals surface area contributed by atoms with E-state index in [4.69, 9.17) is 9.47 Å². The second-order valence-corrected chi connectivity index (χ2v) is 12.3. The number of epoxide rings is 1. The number of aryl methyl sites for hydroxylation is 1. The number of rotatable bonds is 2. The molecule has 0 spiro atoms. The van der Waals surface area contributed by atoms with Crippen molar-refractivity contribution >= 4 is 29.2 Å². The van der Waals surface area contributed by atoms with Crippen LogP contribution in [0.3, 0.4) is 0 Å². The van der Waals surface area contributed by atoms with Crippen LogP contribution in [0, 0.1) is 24.2 Å². The molecule has 2 aliphatic rings. The number of aliphatic hydroxyl groups is 2. The summed E-state index contributed by atoms with van der Waals surface area (Å²) in [6.07, 6.45) is 2.08. The molecule has 1 aromatic heterocycles. The number of cyclic esters (lactones) is 1. The van der Waals surface area contributed by atoms with E-state index in [0.29, 0.717) is 6.42 Å². The number of ether oxygens (including phenoxy) is 2. The molecule has 0 saturated carbocycles. The normalized spacial score (nSPS) is 37.5. The second kappa shape index (κ2) is 10.8. The van der Waals surface area contributed by atoms with Crippen LogP contribution in [0.5, 0.6) is 0 Å². The van der Waals surface area contributed by atoms with Crippen LogP contribution >= 0.6 is 11.3 Å². The standard InChI is InChI=1S/C27H41NO6S/c1-15-9-8-10-22-27(7,34-22)13-20(16(2)11-19-14-35-18(4)28-19)33-23(30)12-21(29)26(5,6)25(32)17(3)24(15)31/h11,14-15,17,20-22,24,29,31H,8-10,12-13H2,1-7H3/b16-11+. The Balaban J connectivity index is 1.86. The highest BCUT2D eigenvalue weighted by atomic mass is 32.1. The van der Waals surface area contributed by atoms with Crippen molar-refractivity contribution in [2.45, 2.75) is 111 Å². The summed E-state index contributed by atoms with van der Waals surface area (Å²) < 4.78 is 11.9. The Morgan fingerprint density at radius 1 is 1.20 bits per heavy atom. The maximum atomic E-state index is 13.2. The van der Waals surface area contributed by atoms with Gasteiger partial charge in [0, 0.05) is 17.7 Å². The summed E-state index contributed by atoms with van der Waals surface area (Å²) >= 11 is 1.56. The molecule has 196 valence electrons. The van der Waals surface area contributed by atoms with Crippen LogP contribution in [0.15, 0.2) is 11.0 Å². The van der Waals surface area contributed by atoms with E-state index in [1.54, 1.807) is 32.1 Å². The summed E-state index contributed by atoms with van der Waals surface area (Å²) in [7, 11) is 0. The number of Topliss-reactive ketones (excluding diaryl/α,β-unsaturated/α-hetero) is 1. The van der Waals surface area contributed by atoms with E-state index in [0.717, 1.165) is 35.5 Å². The number of thiazole rings is 1. The van der Waals surface area contributed by atoms with Crippen molar-refractivity contribution in [3.05, 3.63) is 21.7 Å². The number of hydrogen-bond donors (Lipinski definition) is 2. The number of nitrogens with zero attached hydrogens (tertiary/aromatic N) is 1. The number of hydrogen-bond acceptors (Lipinski definition) is 8. The van der Waals surface area contributed by atoms with E-state index >= 15 is 0 Å². The third kappa shape index (κ3) is 6.59. The van der Waals surface area contributed by atoms with Gasteiger partial charge in [0.25, 0.3) is 0 Å². The Labute approximate surface area is 212 Å². The lowest BCUT2D eigenvalue weighted by Crippen LogP contribution is -2.45. The van der Waals surface area contributed by atoms with Crippen LogP contribution in [0.1, 0.15) is 84.3 Å². The molecule has 0 bridgehead atoms. The molecule has 0 radical (unpaired) electrons. The number of aliphatic hydroxyl groups excluding tert-OH is 2. The average molecular weight is 508 g/mol. The Hall–Kier alpha value is -1.61. The minimum absolute atomic E-state index is 0.0545. The van der Waals surface area contributed by atoms with Crippen LogP contribution in [-0.4, -0.2) is 57.0 Å². The molecule has 2 saturated heterocycles. The number of aromatic nitrogens is 1. The summed E-state index contributed by atoms with van der Waals surface area (Å²) in [6.45, 7) is 12.8. The van der Waals surface area contributed by atoms with Gasteiger partial charge in [-0.2, -0.15) is 0 Å². The molecule has 2 aliphatic heterocycles. The Kier molecular flexibility index (Phi) is 8.62. The molecule has 7 nitrogen and oxygen atoms in total. The minimum atomic E-state index is -1.23.